The summed E-state index contributed by atoms with van der Waals surface area (Å²) in [5, 5.41) is 3.55. The second-order valence-electron chi connectivity index (χ2n) is 9.21. The largest absolute Gasteiger partial charge is 0.380 e. The van der Waals surface area contributed by atoms with E-state index in [0.29, 0.717) is 0 Å². The van der Waals surface area contributed by atoms with Gasteiger partial charge in [0.1, 0.15) is 14.1 Å². The topological polar surface area (TPSA) is 18.3 Å². The van der Waals surface area contributed by atoms with E-state index in [1.165, 1.54) is 33.7 Å². The van der Waals surface area contributed by atoms with Gasteiger partial charge < -0.3 is 10.2 Å². The number of allylic oxidation sites excluding steroid dienone is 5. The van der Waals surface area contributed by atoms with Gasteiger partial charge in [0.2, 0.25) is 0 Å². The minimum absolute atomic E-state index is 0.0398. The first-order valence-corrected chi connectivity index (χ1v) is 10.5. The molecule has 0 amide bonds. The molecule has 0 saturated carbocycles. The van der Waals surface area contributed by atoms with Crippen LogP contribution >= 0.6 is 0 Å². The van der Waals surface area contributed by atoms with Crippen molar-refractivity contribution in [3.63, 3.8) is 0 Å². The summed E-state index contributed by atoms with van der Waals surface area (Å²) in [5.74, 6) is 0. The van der Waals surface area contributed by atoms with Crippen LogP contribution in [0.5, 0.6) is 0 Å². The third kappa shape index (κ3) is 5.29. The molecule has 0 bridgehead atoms. The maximum Gasteiger partial charge on any atom is 0.199 e. The molecule has 0 spiro atoms. The molecule has 0 aromatic heterocycles. The Morgan fingerprint density at radius 2 is 1.27 bits per heavy atom. The van der Waals surface area contributed by atoms with Gasteiger partial charge in [-0.2, -0.15) is 0 Å². The third-order valence-electron chi connectivity index (χ3n) is 5.04. The Morgan fingerprint density at radius 3 is 1.70 bits per heavy atom. The van der Waals surface area contributed by atoms with E-state index < -0.39 is 0 Å². The zero-order chi connectivity index (χ0) is 21.9. The van der Waals surface area contributed by atoms with Crippen LogP contribution in [0.1, 0.15) is 31.9 Å². The molecule has 0 atom stereocenters. The molecule has 0 fully saturated rings. The van der Waals surface area contributed by atoms with Crippen LogP contribution in [0.15, 0.2) is 78.4 Å². The van der Waals surface area contributed by atoms with Gasteiger partial charge >= 0.3 is 0 Å². The van der Waals surface area contributed by atoms with Crippen LogP contribution in [0.4, 0.5) is 11.4 Å². The fourth-order valence-corrected chi connectivity index (χ4v) is 3.51. The number of hydrogen-bond donors (Lipinski definition) is 1. The van der Waals surface area contributed by atoms with Crippen LogP contribution in [-0.4, -0.2) is 44.0 Å². The number of rotatable bonds is 4. The lowest BCUT2D eigenvalue weighted by molar-refractivity contribution is -0.462. The molecular weight excluding hydrogens is 366 g/mol. The van der Waals surface area contributed by atoms with Crippen molar-refractivity contribution in [2.24, 2.45) is 0 Å². The lowest BCUT2D eigenvalue weighted by atomic mass is 9.90. The van der Waals surface area contributed by atoms with E-state index >= 15 is 0 Å². The van der Waals surface area contributed by atoms with Gasteiger partial charge in [-0.05, 0) is 79.5 Å². The molecule has 0 heterocycles. The van der Waals surface area contributed by atoms with Crippen LogP contribution in [0.2, 0.25) is 0 Å². The monoisotopic (exact) mass is 400 g/mol. The average Bonchev–Trinajstić information content (AvgIpc) is 2.69. The first-order valence-electron chi connectivity index (χ1n) is 10.5. The minimum atomic E-state index is 0.0398. The van der Waals surface area contributed by atoms with Gasteiger partial charge in [0.25, 0.3) is 0 Å². The summed E-state index contributed by atoms with van der Waals surface area (Å²) in [5.41, 5.74) is 8.47. The molecule has 1 aliphatic rings. The summed E-state index contributed by atoms with van der Waals surface area (Å²) in [6.07, 6.45) is 8.79. The Bertz CT molecular complexity index is 987. The van der Waals surface area contributed by atoms with Gasteiger partial charge in [-0.1, -0.05) is 24.3 Å². The highest BCUT2D eigenvalue weighted by atomic mass is 15.1. The Labute approximate surface area is 181 Å². The molecule has 0 radical (unpaired) electrons. The van der Waals surface area contributed by atoms with Crippen molar-refractivity contribution in [3.05, 3.63) is 89.5 Å². The molecule has 0 aliphatic heterocycles. The molecule has 0 saturated heterocycles. The van der Waals surface area contributed by atoms with E-state index in [2.05, 4.69) is 137 Å². The first-order chi connectivity index (χ1) is 14.1. The predicted molar refractivity (Wildman–Crippen MR) is 132 cm³/mol. The van der Waals surface area contributed by atoms with Crippen molar-refractivity contribution in [1.82, 2.24) is 0 Å². The zero-order valence-electron chi connectivity index (χ0n) is 19.3. The van der Waals surface area contributed by atoms with Gasteiger partial charge in [0, 0.05) is 43.2 Å². The summed E-state index contributed by atoms with van der Waals surface area (Å²) in [6.45, 7) is 6.53. The molecule has 3 heteroatoms. The number of anilines is 2. The Kier molecular flexibility index (Phi) is 6.31. The van der Waals surface area contributed by atoms with Gasteiger partial charge in [0.15, 0.2) is 5.71 Å². The molecule has 2 aromatic carbocycles. The summed E-state index contributed by atoms with van der Waals surface area (Å²) in [6, 6.07) is 17.5. The highest BCUT2D eigenvalue weighted by molar-refractivity contribution is 6.04. The summed E-state index contributed by atoms with van der Waals surface area (Å²) in [7, 11) is 8.28. The Balaban J connectivity index is 2.07. The highest BCUT2D eigenvalue weighted by Gasteiger charge is 2.14. The van der Waals surface area contributed by atoms with Gasteiger partial charge in [-0.15, -0.1) is 0 Å². The van der Waals surface area contributed by atoms with Crippen molar-refractivity contribution in [2.45, 2.75) is 26.3 Å². The summed E-state index contributed by atoms with van der Waals surface area (Å²) in [4.78, 5) is 2.13. The number of benzene rings is 2. The first kappa shape index (κ1) is 21.6. The van der Waals surface area contributed by atoms with Crippen molar-refractivity contribution in [2.75, 3.05) is 38.4 Å². The smallest absolute Gasteiger partial charge is 0.199 e. The molecule has 2 aromatic rings. The van der Waals surface area contributed by atoms with E-state index in [1.807, 2.05) is 0 Å². The molecule has 156 valence electrons. The minimum Gasteiger partial charge on any atom is -0.380 e. The molecule has 30 heavy (non-hydrogen) atoms. The van der Waals surface area contributed by atoms with Gasteiger partial charge in [-0.25, -0.2) is 4.58 Å². The van der Waals surface area contributed by atoms with Crippen LogP contribution in [0.3, 0.4) is 0 Å². The normalized spacial score (nSPS) is 13.4. The van der Waals surface area contributed by atoms with Crippen molar-refractivity contribution >= 4 is 22.7 Å². The Hall–Kier alpha value is -3.07. The van der Waals surface area contributed by atoms with Crippen LogP contribution < -0.4 is 10.2 Å². The standard InChI is InChI=1S/C27H33N3/c1-27(2,3)28-23-14-8-20(9-15-23)26(21-10-16-24(17-11-21)29(4)5)22-12-18-25(19-13-22)30(6)7/h8-19H,1-7H3/p+1. The number of nitrogens with zero attached hydrogens (tertiary/aromatic N) is 2. The summed E-state index contributed by atoms with van der Waals surface area (Å²) < 4.78 is 2.13. The second-order valence-corrected chi connectivity index (χ2v) is 9.21. The zero-order valence-corrected chi connectivity index (χ0v) is 19.3. The van der Waals surface area contributed by atoms with Crippen LogP contribution in [0, 0.1) is 0 Å². The second kappa shape index (κ2) is 8.74. The van der Waals surface area contributed by atoms with Gasteiger partial charge in [-0.3, -0.25) is 0 Å². The van der Waals surface area contributed by atoms with Crippen LogP contribution in [-0.2, 0) is 0 Å². The average molecular weight is 401 g/mol. The molecule has 0 unspecified atom stereocenters. The van der Waals surface area contributed by atoms with E-state index in [4.69, 9.17) is 0 Å². The van der Waals surface area contributed by atoms with E-state index in [-0.39, 0.29) is 5.54 Å². The number of hydrogen-bond acceptors (Lipinski definition) is 2. The van der Waals surface area contributed by atoms with E-state index in [9.17, 15) is 0 Å². The molecule has 1 aliphatic carbocycles. The van der Waals surface area contributed by atoms with Crippen LogP contribution in [0.25, 0.3) is 5.57 Å². The van der Waals surface area contributed by atoms with Crippen molar-refractivity contribution < 1.29 is 4.58 Å². The van der Waals surface area contributed by atoms with Crippen molar-refractivity contribution in [1.29, 1.82) is 0 Å². The third-order valence-corrected chi connectivity index (χ3v) is 5.04. The molecular formula is C27H34N3+. The van der Waals surface area contributed by atoms with E-state index in [1.54, 1.807) is 0 Å². The predicted octanol–water partition coefficient (Wildman–Crippen LogP) is 5.60. The highest BCUT2D eigenvalue weighted by Crippen LogP contribution is 2.31. The molecule has 3 nitrogen and oxygen atoms in total. The SMILES string of the molecule is CN(C)c1ccc(C(=C2C=CC(=[N+](C)C)C=C2)c2ccc(NC(C)(C)C)cc2)cc1. The fourth-order valence-electron chi connectivity index (χ4n) is 3.51. The molecule has 1 N–H and O–H groups in total. The lowest BCUT2D eigenvalue weighted by Crippen LogP contribution is -2.25. The summed E-state index contributed by atoms with van der Waals surface area (Å²) >= 11 is 0. The number of nitrogens with one attached hydrogen (secondary N) is 1. The van der Waals surface area contributed by atoms with Gasteiger partial charge in [0.05, 0.1) is 0 Å². The maximum atomic E-state index is 3.55. The lowest BCUT2D eigenvalue weighted by Gasteiger charge is -2.22. The van der Waals surface area contributed by atoms with E-state index in [0.717, 1.165) is 5.69 Å². The fraction of sp³-hybridized carbons (Fsp3) is 0.296. The van der Waals surface area contributed by atoms with Crippen molar-refractivity contribution in [3.8, 4) is 0 Å². The molecule has 3 rings (SSSR count). The Morgan fingerprint density at radius 1 is 0.767 bits per heavy atom. The quantitative estimate of drug-likeness (QED) is 0.673. The maximum absolute atomic E-state index is 3.55.